The normalized spacial score (nSPS) is 10.8. The van der Waals surface area contributed by atoms with E-state index in [9.17, 15) is 9.59 Å². The van der Waals surface area contributed by atoms with Crippen molar-refractivity contribution < 1.29 is 23.8 Å². The van der Waals surface area contributed by atoms with Gasteiger partial charge in [0.25, 0.3) is 5.91 Å². The van der Waals surface area contributed by atoms with Crippen molar-refractivity contribution in [3.05, 3.63) is 69.5 Å². The van der Waals surface area contributed by atoms with Gasteiger partial charge in [-0.3, -0.25) is 9.48 Å². The Bertz CT molecular complexity index is 1210. The highest BCUT2D eigenvalue weighted by Crippen LogP contribution is 2.28. The summed E-state index contributed by atoms with van der Waals surface area (Å²) in [5.74, 6) is 0.281. The molecule has 10 heteroatoms. The number of aryl methyl sites for hydroxylation is 1. The van der Waals surface area contributed by atoms with Crippen LogP contribution in [0.1, 0.15) is 27.3 Å². The van der Waals surface area contributed by atoms with Crippen molar-refractivity contribution in [3.8, 4) is 17.2 Å². The second-order valence-corrected chi connectivity index (χ2v) is 7.76. The fourth-order valence-electron chi connectivity index (χ4n) is 2.94. The fourth-order valence-corrected chi connectivity index (χ4v) is 3.22. The van der Waals surface area contributed by atoms with E-state index < -0.39 is 5.97 Å². The molecule has 2 aromatic carbocycles. The molecule has 0 saturated carbocycles. The van der Waals surface area contributed by atoms with E-state index in [1.54, 1.807) is 47.1 Å². The topological polar surface area (TPSA) is 104 Å². The summed E-state index contributed by atoms with van der Waals surface area (Å²) >= 11 is 3.43. The zero-order valence-corrected chi connectivity index (χ0v) is 20.2. The second-order valence-electron chi connectivity index (χ2n) is 6.97. The van der Waals surface area contributed by atoms with E-state index >= 15 is 0 Å². The van der Waals surface area contributed by atoms with Gasteiger partial charge in [0, 0.05) is 0 Å². The lowest BCUT2D eigenvalue weighted by molar-refractivity contribution is -0.121. The number of amides is 1. The van der Waals surface area contributed by atoms with E-state index in [4.69, 9.17) is 14.2 Å². The summed E-state index contributed by atoms with van der Waals surface area (Å²) in [6, 6.07) is 11.6. The first-order valence-electron chi connectivity index (χ1n) is 9.88. The van der Waals surface area contributed by atoms with Crippen molar-refractivity contribution in [1.82, 2.24) is 15.2 Å². The lowest BCUT2D eigenvalue weighted by Crippen LogP contribution is -2.24. The Morgan fingerprint density at radius 1 is 1.12 bits per heavy atom. The van der Waals surface area contributed by atoms with Crippen molar-refractivity contribution in [3.63, 3.8) is 0 Å². The Hall–Kier alpha value is -3.66. The molecule has 0 unspecified atom stereocenters. The SMILES string of the molecule is COc1cccc(C(=O)Oc2ccc(C=NNC(=O)Cn3nc(C)c(Br)c3C)cc2OC)c1. The summed E-state index contributed by atoms with van der Waals surface area (Å²) in [5, 5.41) is 8.27. The maximum atomic E-state index is 12.5. The van der Waals surface area contributed by atoms with Crippen molar-refractivity contribution in [2.45, 2.75) is 20.4 Å². The molecule has 0 radical (unpaired) electrons. The first kappa shape index (κ1) is 24.0. The maximum absolute atomic E-state index is 12.5. The maximum Gasteiger partial charge on any atom is 0.343 e. The number of methoxy groups -OCH3 is 2. The predicted molar refractivity (Wildman–Crippen MR) is 126 cm³/mol. The summed E-state index contributed by atoms with van der Waals surface area (Å²) in [6.45, 7) is 3.77. The molecule has 1 heterocycles. The lowest BCUT2D eigenvalue weighted by Gasteiger charge is -2.10. The quantitative estimate of drug-likeness (QED) is 0.213. The molecular weight excluding hydrogens is 492 g/mol. The molecule has 33 heavy (non-hydrogen) atoms. The number of benzene rings is 2. The molecular formula is C23H23BrN4O5. The highest BCUT2D eigenvalue weighted by atomic mass is 79.9. The molecule has 3 aromatic rings. The van der Waals surface area contributed by atoms with Crippen molar-refractivity contribution in [2.24, 2.45) is 5.10 Å². The molecule has 0 aliphatic heterocycles. The van der Waals surface area contributed by atoms with E-state index in [0.717, 1.165) is 15.9 Å². The van der Waals surface area contributed by atoms with Gasteiger partial charge in [0.1, 0.15) is 12.3 Å². The van der Waals surface area contributed by atoms with E-state index in [2.05, 4.69) is 31.6 Å². The van der Waals surface area contributed by atoms with Crippen molar-refractivity contribution >= 4 is 34.0 Å². The Labute approximate surface area is 199 Å². The van der Waals surface area contributed by atoms with Crippen LogP contribution in [0, 0.1) is 13.8 Å². The van der Waals surface area contributed by atoms with Crippen LogP contribution in [0.15, 0.2) is 52.0 Å². The fraction of sp³-hybridized carbons (Fsp3) is 0.217. The number of ether oxygens (including phenoxy) is 3. The van der Waals surface area contributed by atoms with Gasteiger partial charge in [-0.25, -0.2) is 10.2 Å². The summed E-state index contributed by atoms with van der Waals surface area (Å²) in [6.07, 6.45) is 1.46. The average molecular weight is 515 g/mol. The van der Waals surface area contributed by atoms with Crippen LogP contribution >= 0.6 is 15.9 Å². The summed E-state index contributed by atoms with van der Waals surface area (Å²) < 4.78 is 18.4. The minimum Gasteiger partial charge on any atom is -0.497 e. The van der Waals surface area contributed by atoms with Gasteiger partial charge < -0.3 is 14.2 Å². The molecule has 172 valence electrons. The molecule has 0 spiro atoms. The van der Waals surface area contributed by atoms with Gasteiger partial charge in [-0.05, 0) is 71.7 Å². The lowest BCUT2D eigenvalue weighted by atomic mass is 10.2. The molecule has 1 N–H and O–H groups in total. The van der Waals surface area contributed by atoms with E-state index in [1.165, 1.54) is 20.4 Å². The molecule has 0 saturated heterocycles. The Morgan fingerprint density at radius 3 is 2.58 bits per heavy atom. The molecule has 1 amide bonds. The highest BCUT2D eigenvalue weighted by Gasteiger charge is 2.14. The number of hydrogen-bond acceptors (Lipinski definition) is 7. The Balaban J connectivity index is 1.63. The largest absolute Gasteiger partial charge is 0.497 e. The van der Waals surface area contributed by atoms with Crippen molar-refractivity contribution in [2.75, 3.05) is 14.2 Å². The molecule has 3 rings (SSSR count). The molecule has 0 aliphatic rings. The molecule has 0 aliphatic carbocycles. The van der Waals surface area contributed by atoms with Gasteiger partial charge in [-0.2, -0.15) is 10.2 Å². The van der Waals surface area contributed by atoms with Crippen LogP contribution in [-0.4, -0.2) is 42.1 Å². The van der Waals surface area contributed by atoms with Gasteiger partial charge in [-0.15, -0.1) is 0 Å². The first-order chi connectivity index (χ1) is 15.8. The van der Waals surface area contributed by atoms with Gasteiger partial charge in [0.05, 0.1) is 41.9 Å². The number of carbonyl (C=O) groups excluding carboxylic acids is 2. The van der Waals surface area contributed by atoms with Gasteiger partial charge in [0.15, 0.2) is 11.5 Å². The standard InChI is InChI=1S/C23H23BrN4O5/c1-14-22(24)15(2)28(27-14)13-21(29)26-25-12-16-8-9-19(20(10-16)32-4)33-23(30)17-6-5-7-18(11-17)31-3/h5-12H,13H2,1-4H3,(H,26,29). The third-order valence-corrected chi connectivity index (χ3v) is 5.83. The second kappa shape index (κ2) is 10.8. The van der Waals surface area contributed by atoms with Crippen LogP contribution < -0.4 is 19.6 Å². The highest BCUT2D eigenvalue weighted by molar-refractivity contribution is 9.10. The van der Waals surface area contributed by atoms with Crippen LogP contribution in [-0.2, 0) is 11.3 Å². The predicted octanol–water partition coefficient (Wildman–Crippen LogP) is 3.65. The smallest absolute Gasteiger partial charge is 0.343 e. The minimum atomic E-state index is -0.545. The van der Waals surface area contributed by atoms with Gasteiger partial charge >= 0.3 is 5.97 Å². The van der Waals surface area contributed by atoms with Crippen LogP contribution in [0.3, 0.4) is 0 Å². The number of hydrogen-bond donors (Lipinski definition) is 1. The zero-order chi connectivity index (χ0) is 24.0. The monoisotopic (exact) mass is 514 g/mol. The molecule has 0 atom stereocenters. The van der Waals surface area contributed by atoms with Gasteiger partial charge in [0.2, 0.25) is 0 Å². The van der Waals surface area contributed by atoms with Crippen LogP contribution in [0.2, 0.25) is 0 Å². The number of esters is 1. The number of carbonyl (C=O) groups is 2. The number of rotatable bonds is 8. The van der Waals surface area contributed by atoms with Gasteiger partial charge in [-0.1, -0.05) is 6.07 Å². The number of hydrazone groups is 1. The molecule has 0 fully saturated rings. The zero-order valence-electron chi connectivity index (χ0n) is 18.6. The first-order valence-corrected chi connectivity index (χ1v) is 10.7. The summed E-state index contributed by atoms with van der Waals surface area (Å²) in [7, 11) is 2.99. The van der Waals surface area contributed by atoms with Crippen LogP contribution in [0.4, 0.5) is 0 Å². The van der Waals surface area contributed by atoms with E-state index in [0.29, 0.717) is 22.6 Å². The number of nitrogens with one attached hydrogen (secondary N) is 1. The van der Waals surface area contributed by atoms with Crippen LogP contribution in [0.25, 0.3) is 0 Å². The number of nitrogens with zero attached hydrogens (tertiary/aromatic N) is 3. The number of halogens is 1. The van der Waals surface area contributed by atoms with E-state index in [1.807, 2.05) is 13.8 Å². The minimum absolute atomic E-state index is 0.0398. The summed E-state index contributed by atoms with van der Waals surface area (Å²) in [5.41, 5.74) is 5.12. The molecule has 9 nitrogen and oxygen atoms in total. The Morgan fingerprint density at radius 2 is 1.91 bits per heavy atom. The molecule has 1 aromatic heterocycles. The molecule has 0 bridgehead atoms. The third-order valence-electron chi connectivity index (χ3n) is 4.69. The third kappa shape index (κ3) is 5.98. The van der Waals surface area contributed by atoms with Crippen molar-refractivity contribution in [1.29, 1.82) is 0 Å². The Kier molecular flexibility index (Phi) is 7.83. The van der Waals surface area contributed by atoms with Crippen LogP contribution in [0.5, 0.6) is 17.2 Å². The number of aromatic nitrogens is 2. The summed E-state index contributed by atoms with van der Waals surface area (Å²) in [4.78, 5) is 24.6. The average Bonchev–Trinajstić information content (AvgIpc) is 3.06. The van der Waals surface area contributed by atoms with E-state index in [-0.39, 0.29) is 18.2 Å².